The summed E-state index contributed by atoms with van der Waals surface area (Å²) in [5.41, 5.74) is 6.70. The molecule has 0 radical (unpaired) electrons. The minimum Gasteiger partial charge on any atom is -0.462 e. The largest absolute Gasteiger partial charge is 0.462 e. The Balaban J connectivity index is 2.00. The summed E-state index contributed by atoms with van der Waals surface area (Å²) in [6.07, 6.45) is 0. The van der Waals surface area contributed by atoms with Gasteiger partial charge in [-0.05, 0) is 36.8 Å². The number of carbonyl (C=O) groups excluding carboxylic acids is 4. The number of rotatable bonds is 4. The van der Waals surface area contributed by atoms with E-state index in [2.05, 4.69) is 5.32 Å². The van der Waals surface area contributed by atoms with Crippen molar-refractivity contribution in [1.29, 1.82) is 0 Å². The van der Waals surface area contributed by atoms with Crippen LogP contribution in [0.4, 0.5) is 5.69 Å². The molecule has 0 aromatic heterocycles. The maximum absolute atomic E-state index is 12.9. The van der Waals surface area contributed by atoms with Crippen LogP contribution in [0.3, 0.4) is 0 Å². The zero-order valence-electron chi connectivity index (χ0n) is 15.8. The Morgan fingerprint density at radius 1 is 1.07 bits per heavy atom. The zero-order valence-corrected chi connectivity index (χ0v) is 15.8. The summed E-state index contributed by atoms with van der Waals surface area (Å²) in [6, 6.07) is 10.6. The summed E-state index contributed by atoms with van der Waals surface area (Å²) in [4.78, 5) is 48.5. The molecule has 2 aromatic rings. The van der Waals surface area contributed by atoms with Crippen molar-refractivity contribution in [1.82, 2.24) is 0 Å². The van der Waals surface area contributed by atoms with E-state index < -0.39 is 17.7 Å². The molecule has 3 N–H and O–H groups in total. The van der Waals surface area contributed by atoms with Crippen LogP contribution >= 0.6 is 0 Å². The number of carbonyl (C=O) groups is 4. The van der Waals surface area contributed by atoms with Crippen molar-refractivity contribution in [3.63, 3.8) is 0 Å². The van der Waals surface area contributed by atoms with Crippen LogP contribution in [0, 0.1) is 0 Å². The summed E-state index contributed by atoms with van der Waals surface area (Å²) >= 11 is 0. The van der Waals surface area contributed by atoms with Gasteiger partial charge in [-0.2, -0.15) is 0 Å². The van der Waals surface area contributed by atoms with Gasteiger partial charge in [0, 0.05) is 6.92 Å². The number of fused-ring (bicyclic) bond motifs is 1. The van der Waals surface area contributed by atoms with Gasteiger partial charge in [-0.15, -0.1) is 0 Å². The molecule has 1 aliphatic rings. The second-order valence-corrected chi connectivity index (χ2v) is 6.17. The maximum atomic E-state index is 12.9. The van der Waals surface area contributed by atoms with Gasteiger partial charge in [-0.1, -0.05) is 18.2 Å². The number of hydrogen-bond donors (Lipinski definition) is 2. The van der Waals surface area contributed by atoms with Crippen LogP contribution in [-0.2, 0) is 14.3 Å². The second kappa shape index (κ2) is 7.97. The smallest absolute Gasteiger partial charge is 0.349 e. The molecule has 0 fully saturated rings. The monoisotopic (exact) mass is 394 g/mol. The van der Waals surface area contributed by atoms with E-state index in [-0.39, 0.29) is 40.8 Å². The highest BCUT2D eigenvalue weighted by molar-refractivity contribution is 6.32. The fourth-order valence-electron chi connectivity index (χ4n) is 2.86. The predicted octanol–water partition coefficient (Wildman–Crippen LogP) is 2.29. The van der Waals surface area contributed by atoms with Gasteiger partial charge in [0.15, 0.2) is 5.75 Å². The first-order valence-corrected chi connectivity index (χ1v) is 8.78. The van der Waals surface area contributed by atoms with Crippen molar-refractivity contribution in [2.24, 2.45) is 5.73 Å². The lowest BCUT2D eigenvalue weighted by atomic mass is 9.95. The molecule has 1 heterocycles. The van der Waals surface area contributed by atoms with Crippen molar-refractivity contribution in [2.45, 2.75) is 13.8 Å². The Bertz CT molecular complexity index is 1050. The number of Topliss-reactive ketones (excluding diaryl/α,β-unsaturated/α-hetero) is 1. The lowest BCUT2D eigenvalue weighted by Gasteiger charge is -2.21. The number of nitrogens with two attached hydrogens (primary N) is 1. The van der Waals surface area contributed by atoms with E-state index in [0.717, 1.165) is 0 Å². The second-order valence-electron chi connectivity index (χ2n) is 6.17. The van der Waals surface area contributed by atoms with Gasteiger partial charge in [0.05, 0.1) is 29.1 Å². The molecule has 148 valence electrons. The summed E-state index contributed by atoms with van der Waals surface area (Å²) in [5.74, 6) is -2.42. The van der Waals surface area contributed by atoms with E-state index in [1.165, 1.54) is 43.3 Å². The van der Waals surface area contributed by atoms with Gasteiger partial charge >= 0.3 is 11.9 Å². The quantitative estimate of drug-likeness (QED) is 0.353. The van der Waals surface area contributed by atoms with E-state index in [4.69, 9.17) is 15.2 Å². The number of benzene rings is 2. The van der Waals surface area contributed by atoms with Crippen LogP contribution in [0.15, 0.2) is 48.0 Å². The molecular weight excluding hydrogens is 376 g/mol. The van der Waals surface area contributed by atoms with Crippen molar-refractivity contribution in [2.75, 3.05) is 11.9 Å². The molecule has 0 aliphatic carbocycles. The third-order valence-electron chi connectivity index (χ3n) is 4.17. The van der Waals surface area contributed by atoms with Crippen molar-refractivity contribution in [3.8, 4) is 5.75 Å². The highest BCUT2D eigenvalue weighted by Gasteiger charge is 2.35. The lowest BCUT2D eigenvalue weighted by molar-refractivity contribution is -0.130. The topological polar surface area (TPSA) is 125 Å². The minimum absolute atomic E-state index is 0.0214. The molecule has 29 heavy (non-hydrogen) atoms. The Labute approximate surface area is 166 Å². The Kier molecular flexibility index (Phi) is 5.45. The summed E-state index contributed by atoms with van der Waals surface area (Å²) in [7, 11) is 0. The van der Waals surface area contributed by atoms with Gasteiger partial charge in [0.2, 0.25) is 11.7 Å². The highest BCUT2D eigenvalue weighted by atomic mass is 16.5. The molecule has 0 unspecified atom stereocenters. The first-order chi connectivity index (χ1) is 13.8. The number of ether oxygens (including phenoxy) is 2. The van der Waals surface area contributed by atoms with E-state index in [1.807, 2.05) is 0 Å². The summed E-state index contributed by atoms with van der Waals surface area (Å²) in [5, 5.41) is 2.52. The first-order valence-electron chi connectivity index (χ1n) is 8.78. The van der Waals surface area contributed by atoms with Crippen molar-refractivity contribution in [3.05, 3.63) is 64.7 Å². The van der Waals surface area contributed by atoms with Gasteiger partial charge < -0.3 is 20.5 Å². The van der Waals surface area contributed by atoms with Crippen LogP contribution in [0.5, 0.6) is 5.75 Å². The van der Waals surface area contributed by atoms with Crippen LogP contribution in [0.2, 0.25) is 0 Å². The van der Waals surface area contributed by atoms with Gasteiger partial charge in [0.25, 0.3) is 0 Å². The third-order valence-corrected chi connectivity index (χ3v) is 4.17. The zero-order chi connectivity index (χ0) is 21.1. The van der Waals surface area contributed by atoms with Crippen molar-refractivity contribution >= 4 is 35.0 Å². The van der Waals surface area contributed by atoms with Crippen molar-refractivity contribution < 1.29 is 28.7 Å². The molecule has 8 heteroatoms. The molecule has 1 amide bonds. The predicted molar refractivity (Wildman–Crippen MR) is 104 cm³/mol. The van der Waals surface area contributed by atoms with E-state index in [0.29, 0.717) is 11.1 Å². The molecule has 8 nitrogen and oxygen atoms in total. The number of amides is 1. The standard InChI is InChI=1S/C21H18N2O6/c1-3-28-20(26)13-9-7-12(8-10-13)17(22)16-18(25)14-5-4-6-15(23-11(2)24)19(14)29-21(16)27/h4-10H,3,22H2,1-2H3,(H,23,24)/b17-16-. The maximum Gasteiger partial charge on any atom is 0.349 e. The average molecular weight is 394 g/mol. The Morgan fingerprint density at radius 3 is 2.34 bits per heavy atom. The molecule has 0 spiro atoms. The fourth-order valence-corrected chi connectivity index (χ4v) is 2.86. The summed E-state index contributed by atoms with van der Waals surface area (Å²) < 4.78 is 10.2. The molecule has 3 rings (SSSR count). The third kappa shape index (κ3) is 3.86. The number of esters is 2. The molecule has 0 atom stereocenters. The molecule has 0 saturated carbocycles. The van der Waals surface area contributed by atoms with Gasteiger partial charge in [0.1, 0.15) is 5.57 Å². The van der Waals surface area contributed by atoms with Crippen LogP contribution in [-0.4, -0.2) is 30.2 Å². The van der Waals surface area contributed by atoms with Crippen LogP contribution in [0.25, 0.3) is 5.70 Å². The van der Waals surface area contributed by atoms with E-state index >= 15 is 0 Å². The SMILES string of the molecule is CCOC(=O)c1ccc(/C(N)=C2/C(=O)Oc3c(NC(C)=O)cccc3C2=O)cc1. The first kappa shape index (κ1) is 19.8. The van der Waals surface area contributed by atoms with Gasteiger partial charge in [-0.3, -0.25) is 9.59 Å². The minimum atomic E-state index is -0.924. The molecule has 0 saturated heterocycles. The highest BCUT2D eigenvalue weighted by Crippen LogP contribution is 2.36. The Morgan fingerprint density at radius 2 is 1.72 bits per heavy atom. The summed E-state index contributed by atoms with van der Waals surface area (Å²) in [6.45, 7) is 3.24. The molecule has 1 aliphatic heterocycles. The Hall–Kier alpha value is -3.94. The fraction of sp³-hybridized carbons (Fsp3) is 0.143. The number of para-hydroxylation sites is 1. The molecule has 0 bridgehead atoms. The number of nitrogens with one attached hydrogen (secondary N) is 1. The van der Waals surface area contributed by atoms with Crippen LogP contribution in [0.1, 0.15) is 40.1 Å². The van der Waals surface area contributed by atoms with Gasteiger partial charge in [-0.25, -0.2) is 9.59 Å². The van der Waals surface area contributed by atoms with E-state index in [1.54, 1.807) is 13.0 Å². The number of anilines is 1. The lowest BCUT2D eigenvalue weighted by Crippen LogP contribution is -2.29. The number of ketones is 1. The van der Waals surface area contributed by atoms with E-state index in [9.17, 15) is 19.2 Å². The number of hydrogen-bond acceptors (Lipinski definition) is 7. The molecule has 2 aromatic carbocycles. The van der Waals surface area contributed by atoms with Crippen LogP contribution < -0.4 is 15.8 Å². The normalized spacial score (nSPS) is 14.6. The average Bonchev–Trinajstić information content (AvgIpc) is 2.68. The molecular formula is C21H18N2O6.